The van der Waals surface area contributed by atoms with E-state index in [0.29, 0.717) is 11.9 Å². The van der Waals surface area contributed by atoms with E-state index < -0.39 is 0 Å². The Morgan fingerprint density at radius 3 is 3.00 bits per heavy atom. The van der Waals surface area contributed by atoms with Crippen molar-refractivity contribution in [1.82, 2.24) is 10.2 Å². The lowest BCUT2D eigenvalue weighted by molar-refractivity contribution is 0.768. The monoisotopic (exact) mass is 235 g/mol. The van der Waals surface area contributed by atoms with Crippen molar-refractivity contribution in [3.05, 3.63) is 30.5 Å². The molecule has 1 atom stereocenters. The molecule has 0 fully saturated rings. The summed E-state index contributed by atoms with van der Waals surface area (Å²) >= 11 is 5.71. The van der Waals surface area contributed by atoms with Gasteiger partial charge in [0.25, 0.3) is 0 Å². The molecule has 0 amide bonds. The second kappa shape index (κ2) is 5.12. The van der Waals surface area contributed by atoms with Crippen molar-refractivity contribution < 1.29 is 0 Å². The second-order valence-corrected chi connectivity index (χ2v) is 4.18. The summed E-state index contributed by atoms with van der Waals surface area (Å²) in [4.78, 5) is 0. The first-order valence-electron chi connectivity index (χ1n) is 5.34. The molecular formula is C12H14ClN3. The van der Waals surface area contributed by atoms with Gasteiger partial charge in [-0.3, -0.25) is 0 Å². The number of hydrogen-bond donors (Lipinski definition) is 1. The number of benzene rings is 1. The topological polar surface area (TPSA) is 37.8 Å². The molecule has 2 rings (SSSR count). The Labute approximate surface area is 99.8 Å². The van der Waals surface area contributed by atoms with E-state index in [1.54, 1.807) is 6.20 Å². The highest BCUT2D eigenvalue weighted by atomic mass is 35.5. The van der Waals surface area contributed by atoms with Crippen LogP contribution >= 0.6 is 11.6 Å². The summed E-state index contributed by atoms with van der Waals surface area (Å²) in [6.07, 6.45) is 2.69. The van der Waals surface area contributed by atoms with E-state index in [9.17, 15) is 0 Å². The Bertz CT molecular complexity index is 467. The van der Waals surface area contributed by atoms with Crippen molar-refractivity contribution in [3.8, 4) is 0 Å². The van der Waals surface area contributed by atoms with Crippen molar-refractivity contribution >= 4 is 28.2 Å². The third kappa shape index (κ3) is 2.42. The Kier molecular flexibility index (Phi) is 3.57. The van der Waals surface area contributed by atoms with E-state index in [0.717, 1.165) is 23.0 Å². The number of anilines is 1. The molecule has 0 bridgehead atoms. The molecule has 16 heavy (non-hydrogen) atoms. The van der Waals surface area contributed by atoms with Gasteiger partial charge in [-0.25, -0.2) is 0 Å². The Morgan fingerprint density at radius 1 is 1.38 bits per heavy atom. The van der Waals surface area contributed by atoms with Crippen LogP contribution in [0.15, 0.2) is 30.5 Å². The van der Waals surface area contributed by atoms with Gasteiger partial charge < -0.3 is 5.32 Å². The van der Waals surface area contributed by atoms with Gasteiger partial charge in [0.15, 0.2) is 0 Å². The van der Waals surface area contributed by atoms with Crippen LogP contribution in [0.4, 0.5) is 5.69 Å². The number of aromatic nitrogens is 2. The summed E-state index contributed by atoms with van der Waals surface area (Å²) in [6.45, 7) is 2.11. The van der Waals surface area contributed by atoms with Gasteiger partial charge in [0, 0.05) is 17.3 Å². The molecular weight excluding hydrogens is 222 g/mol. The maximum atomic E-state index is 5.71. The van der Waals surface area contributed by atoms with Crippen LogP contribution in [0.3, 0.4) is 0 Å². The molecule has 0 radical (unpaired) electrons. The van der Waals surface area contributed by atoms with Crippen LogP contribution in [0.5, 0.6) is 0 Å². The first-order chi connectivity index (χ1) is 7.81. The normalized spacial score (nSPS) is 12.6. The molecule has 0 saturated heterocycles. The van der Waals surface area contributed by atoms with Gasteiger partial charge in [0.05, 0.1) is 17.4 Å². The predicted molar refractivity (Wildman–Crippen MR) is 68.0 cm³/mol. The van der Waals surface area contributed by atoms with Crippen LogP contribution in [0.2, 0.25) is 0 Å². The highest BCUT2D eigenvalue weighted by Gasteiger charge is 2.05. The predicted octanol–water partition coefficient (Wildman–Crippen LogP) is 3.06. The summed E-state index contributed by atoms with van der Waals surface area (Å²) in [5.41, 5.74) is 1.92. The highest BCUT2D eigenvalue weighted by Crippen LogP contribution is 2.20. The van der Waals surface area contributed by atoms with E-state index in [1.807, 2.05) is 24.3 Å². The number of nitrogens with zero attached hydrogens (tertiary/aromatic N) is 2. The number of fused-ring (bicyclic) bond motifs is 1. The number of halogens is 1. The quantitative estimate of drug-likeness (QED) is 0.828. The van der Waals surface area contributed by atoms with Crippen molar-refractivity contribution in [2.24, 2.45) is 0 Å². The summed E-state index contributed by atoms with van der Waals surface area (Å²) in [5.74, 6) is 0.657. The molecule has 84 valence electrons. The van der Waals surface area contributed by atoms with Crippen molar-refractivity contribution in [1.29, 1.82) is 0 Å². The summed E-state index contributed by atoms with van der Waals surface area (Å²) in [6, 6.07) is 8.30. The van der Waals surface area contributed by atoms with Crippen LogP contribution in [0.1, 0.15) is 13.3 Å². The molecule has 4 heteroatoms. The molecule has 0 spiro atoms. The number of hydrogen-bond acceptors (Lipinski definition) is 3. The Hall–Kier alpha value is -1.35. The molecule has 0 aliphatic rings. The zero-order valence-electron chi connectivity index (χ0n) is 9.15. The minimum absolute atomic E-state index is 0.338. The van der Waals surface area contributed by atoms with Gasteiger partial charge in [-0.1, -0.05) is 18.2 Å². The van der Waals surface area contributed by atoms with Gasteiger partial charge in [0.2, 0.25) is 0 Å². The van der Waals surface area contributed by atoms with E-state index in [1.165, 1.54) is 0 Å². The maximum absolute atomic E-state index is 5.71. The molecule has 2 aromatic rings. The lowest BCUT2D eigenvalue weighted by Gasteiger charge is -2.14. The minimum Gasteiger partial charge on any atom is -0.381 e. The van der Waals surface area contributed by atoms with Gasteiger partial charge in [-0.05, 0) is 19.4 Å². The lowest BCUT2D eigenvalue weighted by Crippen LogP contribution is -2.16. The summed E-state index contributed by atoms with van der Waals surface area (Å²) in [5, 5.41) is 12.6. The molecule has 0 aliphatic heterocycles. The third-order valence-electron chi connectivity index (χ3n) is 2.49. The fraction of sp³-hybridized carbons (Fsp3) is 0.333. The van der Waals surface area contributed by atoms with Crippen LogP contribution in [0.25, 0.3) is 10.9 Å². The molecule has 3 nitrogen and oxygen atoms in total. The second-order valence-electron chi connectivity index (χ2n) is 3.80. The van der Waals surface area contributed by atoms with Gasteiger partial charge in [-0.2, -0.15) is 10.2 Å². The number of rotatable bonds is 4. The van der Waals surface area contributed by atoms with Crippen LogP contribution in [0, 0.1) is 0 Å². The molecule has 0 saturated carbocycles. The lowest BCUT2D eigenvalue weighted by atomic mass is 10.2. The van der Waals surface area contributed by atoms with Crippen molar-refractivity contribution in [3.63, 3.8) is 0 Å². The van der Waals surface area contributed by atoms with Crippen LogP contribution in [-0.2, 0) is 0 Å². The first-order valence-corrected chi connectivity index (χ1v) is 5.87. The van der Waals surface area contributed by atoms with Gasteiger partial charge in [0.1, 0.15) is 0 Å². The van der Waals surface area contributed by atoms with E-state index in [4.69, 9.17) is 11.6 Å². The van der Waals surface area contributed by atoms with Crippen LogP contribution < -0.4 is 5.32 Å². The number of nitrogens with one attached hydrogen (secondary N) is 1. The van der Waals surface area contributed by atoms with E-state index in [-0.39, 0.29) is 0 Å². The van der Waals surface area contributed by atoms with E-state index >= 15 is 0 Å². The zero-order valence-corrected chi connectivity index (χ0v) is 9.91. The molecule has 1 unspecified atom stereocenters. The highest BCUT2D eigenvalue weighted by molar-refractivity contribution is 6.17. The molecule has 1 aromatic carbocycles. The van der Waals surface area contributed by atoms with Gasteiger partial charge in [-0.15, -0.1) is 11.6 Å². The van der Waals surface area contributed by atoms with Crippen molar-refractivity contribution in [2.45, 2.75) is 19.4 Å². The summed E-state index contributed by atoms with van der Waals surface area (Å²) in [7, 11) is 0. The molecule has 1 aromatic heterocycles. The third-order valence-corrected chi connectivity index (χ3v) is 2.71. The SMILES string of the molecule is CC(CCCl)Nc1cnnc2ccccc12. The summed E-state index contributed by atoms with van der Waals surface area (Å²) < 4.78 is 0. The molecule has 1 heterocycles. The molecule has 0 aliphatic carbocycles. The Morgan fingerprint density at radius 2 is 2.19 bits per heavy atom. The maximum Gasteiger partial charge on any atom is 0.0950 e. The fourth-order valence-corrected chi connectivity index (χ4v) is 1.95. The fourth-order valence-electron chi connectivity index (χ4n) is 1.62. The van der Waals surface area contributed by atoms with Crippen LogP contribution in [-0.4, -0.2) is 22.1 Å². The number of alkyl halides is 1. The average molecular weight is 236 g/mol. The van der Waals surface area contributed by atoms with Crippen molar-refractivity contribution in [2.75, 3.05) is 11.2 Å². The van der Waals surface area contributed by atoms with E-state index in [2.05, 4.69) is 22.4 Å². The smallest absolute Gasteiger partial charge is 0.0950 e. The van der Waals surface area contributed by atoms with Gasteiger partial charge >= 0.3 is 0 Å². The molecule has 1 N–H and O–H groups in total. The average Bonchev–Trinajstić information content (AvgIpc) is 2.30. The largest absolute Gasteiger partial charge is 0.381 e. The minimum atomic E-state index is 0.338. The Balaban J connectivity index is 2.30. The standard InChI is InChI=1S/C12H14ClN3/c1-9(6-7-13)15-12-8-14-16-11-5-3-2-4-10(11)12/h2-5,8-9H,6-7H2,1H3,(H,15,16). The zero-order chi connectivity index (χ0) is 11.4. The first kappa shape index (κ1) is 11.1.